The number of nitrogens with one attached hydrogen (secondary N) is 1. The van der Waals surface area contributed by atoms with Crippen LogP contribution >= 0.6 is 11.6 Å². The summed E-state index contributed by atoms with van der Waals surface area (Å²) in [4.78, 5) is 27.3. The van der Waals surface area contributed by atoms with Crippen molar-refractivity contribution in [2.24, 2.45) is 5.73 Å². The van der Waals surface area contributed by atoms with E-state index in [4.69, 9.17) is 17.3 Å². The first-order valence-corrected chi connectivity index (χ1v) is 6.19. The number of nitrogens with two attached hydrogens (primary N) is 1. The van der Waals surface area contributed by atoms with Crippen LogP contribution < -0.4 is 11.1 Å². The van der Waals surface area contributed by atoms with Crippen molar-refractivity contribution in [2.45, 2.75) is 6.92 Å². The molecule has 0 saturated heterocycles. The highest BCUT2D eigenvalue weighted by atomic mass is 35.5. The zero-order valence-corrected chi connectivity index (χ0v) is 11.4. The van der Waals surface area contributed by atoms with Gasteiger partial charge in [-0.25, -0.2) is 4.98 Å². The average Bonchev–Trinajstić information content (AvgIpc) is 2.40. The number of carbonyl (C=O) groups is 2. The summed E-state index contributed by atoms with van der Waals surface area (Å²) in [7, 11) is 0. The Morgan fingerprint density at radius 3 is 2.65 bits per heavy atom. The fourth-order valence-electron chi connectivity index (χ4n) is 1.66. The zero-order chi connectivity index (χ0) is 14.7. The van der Waals surface area contributed by atoms with Crippen molar-refractivity contribution < 1.29 is 9.59 Å². The van der Waals surface area contributed by atoms with Crippen molar-refractivity contribution in [1.82, 2.24) is 4.98 Å². The lowest BCUT2D eigenvalue weighted by atomic mass is 10.2. The monoisotopic (exact) mass is 289 g/mol. The van der Waals surface area contributed by atoms with Crippen molar-refractivity contribution in [1.29, 1.82) is 0 Å². The molecule has 1 aromatic heterocycles. The lowest BCUT2D eigenvalue weighted by molar-refractivity contribution is 0.0995. The Kier molecular flexibility index (Phi) is 4.00. The summed E-state index contributed by atoms with van der Waals surface area (Å²) < 4.78 is 0. The number of aromatic nitrogens is 1. The normalized spacial score (nSPS) is 10.1. The molecule has 6 heteroatoms. The van der Waals surface area contributed by atoms with Crippen LogP contribution in [0.25, 0.3) is 0 Å². The molecule has 0 fully saturated rings. The van der Waals surface area contributed by atoms with Crippen molar-refractivity contribution in [2.75, 3.05) is 5.32 Å². The minimum Gasteiger partial charge on any atom is -0.366 e. The molecule has 3 N–H and O–H groups in total. The third-order valence-electron chi connectivity index (χ3n) is 2.61. The van der Waals surface area contributed by atoms with Gasteiger partial charge in [-0.05, 0) is 37.3 Å². The lowest BCUT2D eigenvalue weighted by Gasteiger charge is -2.07. The van der Waals surface area contributed by atoms with E-state index in [-0.39, 0.29) is 16.5 Å². The largest absolute Gasteiger partial charge is 0.366 e. The molecular weight excluding hydrogens is 278 g/mol. The van der Waals surface area contributed by atoms with Gasteiger partial charge in [0.1, 0.15) is 5.69 Å². The molecule has 0 spiro atoms. The number of anilines is 1. The molecule has 1 aromatic carbocycles. The average molecular weight is 290 g/mol. The number of nitrogens with zero attached hydrogens (tertiary/aromatic N) is 1. The maximum atomic E-state index is 12.0. The molecule has 0 aliphatic rings. The quantitative estimate of drug-likeness (QED) is 0.910. The van der Waals surface area contributed by atoms with Crippen molar-refractivity contribution >= 4 is 29.1 Å². The highest BCUT2D eigenvalue weighted by molar-refractivity contribution is 6.34. The summed E-state index contributed by atoms with van der Waals surface area (Å²) in [5.74, 6) is -1.02. The third-order valence-corrected chi connectivity index (χ3v) is 2.94. The van der Waals surface area contributed by atoms with Gasteiger partial charge in [0.25, 0.3) is 5.91 Å². The molecule has 1 heterocycles. The number of hydrogen-bond acceptors (Lipinski definition) is 3. The Labute approximate surface area is 120 Å². The van der Waals surface area contributed by atoms with Crippen LogP contribution in [-0.4, -0.2) is 16.8 Å². The van der Waals surface area contributed by atoms with Gasteiger partial charge in [0.15, 0.2) is 0 Å². The van der Waals surface area contributed by atoms with Gasteiger partial charge in [0.2, 0.25) is 5.91 Å². The van der Waals surface area contributed by atoms with Gasteiger partial charge < -0.3 is 11.1 Å². The van der Waals surface area contributed by atoms with Crippen LogP contribution in [0.5, 0.6) is 0 Å². The Balaban J connectivity index is 2.24. The molecule has 2 aromatic rings. The maximum Gasteiger partial charge on any atom is 0.274 e. The number of benzene rings is 1. The van der Waals surface area contributed by atoms with E-state index in [0.29, 0.717) is 11.4 Å². The molecule has 0 aliphatic carbocycles. The van der Waals surface area contributed by atoms with E-state index in [2.05, 4.69) is 10.3 Å². The van der Waals surface area contributed by atoms with Crippen LogP contribution in [0.4, 0.5) is 5.69 Å². The second-order valence-corrected chi connectivity index (χ2v) is 4.58. The molecule has 0 unspecified atom stereocenters. The fourth-order valence-corrected chi connectivity index (χ4v) is 1.87. The number of rotatable bonds is 3. The minimum atomic E-state index is -0.653. The second-order valence-electron chi connectivity index (χ2n) is 4.18. The van der Waals surface area contributed by atoms with Crippen molar-refractivity contribution in [3.63, 3.8) is 0 Å². The summed E-state index contributed by atoms with van der Waals surface area (Å²) in [5, 5.41) is 2.88. The standard InChI is InChI=1S/C14H12ClN3O2/c1-8-3-2-4-12(17-8)14(20)18-9-5-6-11(15)10(7-9)13(16)19/h2-7H,1H3,(H2,16,19)(H,18,20). The number of primary amides is 1. The van der Waals surface area contributed by atoms with E-state index in [1.54, 1.807) is 31.2 Å². The highest BCUT2D eigenvalue weighted by Gasteiger charge is 2.11. The summed E-state index contributed by atoms with van der Waals surface area (Å²) in [6, 6.07) is 9.66. The number of aryl methyl sites for hydroxylation is 1. The Bertz CT molecular complexity index is 686. The molecule has 102 valence electrons. The molecule has 0 saturated carbocycles. The summed E-state index contributed by atoms with van der Waals surface area (Å²) >= 11 is 5.84. The zero-order valence-electron chi connectivity index (χ0n) is 10.7. The van der Waals surface area contributed by atoms with E-state index >= 15 is 0 Å². The number of pyridine rings is 1. The first kappa shape index (κ1) is 14.0. The van der Waals surface area contributed by atoms with E-state index in [1.165, 1.54) is 12.1 Å². The number of amides is 2. The molecule has 0 bridgehead atoms. The molecule has 0 atom stereocenters. The van der Waals surface area contributed by atoms with Gasteiger partial charge in [-0.3, -0.25) is 9.59 Å². The Morgan fingerprint density at radius 2 is 2.00 bits per heavy atom. The predicted octanol–water partition coefficient (Wildman–Crippen LogP) is 2.39. The van der Waals surface area contributed by atoms with Crippen LogP contribution in [0, 0.1) is 6.92 Å². The van der Waals surface area contributed by atoms with E-state index in [1.807, 2.05) is 0 Å². The highest BCUT2D eigenvalue weighted by Crippen LogP contribution is 2.20. The molecular formula is C14H12ClN3O2. The van der Waals surface area contributed by atoms with Gasteiger partial charge in [0, 0.05) is 11.4 Å². The van der Waals surface area contributed by atoms with Gasteiger partial charge in [0.05, 0.1) is 10.6 Å². The van der Waals surface area contributed by atoms with Crippen LogP contribution in [0.15, 0.2) is 36.4 Å². The van der Waals surface area contributed by atoms with Gasteiger partial charge in [-0.2, -0.15) is 0 Å². The first-order chi connectivity index (χ1) is 9.47. The molecule has 0 aliphatic heterocycles. The fraction of sp³-hybridized carbons (Fsp3) is 0.0714. The van der Waals surface area contributed by atoms with Crippen LogP contribution in [0.1, 0.15) is 26.5 Å². The first-order valence-electron chi connectivity index (χ1n) is 5.82. The number of hydrogen-bond donors (Lipinski definition) is 2. The second kappa shape index (κ2) is 5.71. The van der Waals surface area contributed by atoms with Gasteiger partial charge in [-0.1, -0.05) is 17.7 Å². The Hall–Kier alpha value is -2.40. The van der Waals surface area contributed by atoms with Crippen LogP contribution in [0.2, 0.25) is 5.02 Å². The van der Waals surface area contributed by atoms with Crippen LogP contribution in [0.3, 0.4) is 0 Å². The summed E-state index contributed by atoms with van der Waals surface area (Å²) in [6.45, 7) is 1.80. The summed E-state index contributed by atoms with van der Waals surface area (Å²) in [6.07, 6.45) is 0. The van der Waals surface area contributed by atoms with Crippen molar-refractivity contribution in [3.05, 3.63) is 58.4 Å². The predicted molar refractivity (Wildman–Crippen MR) is 76.9 cm³/mol. The smallest absolute Gasteiger partial charge is 0.274 e. The number of halogens is 1. The maximum absolute atomic E-state index is 12.0. The van der Waals surface area contributed by atoms with Crippen LogP contribution in [-0.2, 0) is 0 Å². The third kappa shape index (κ3) is 3.13. The Morgan fingerprint density at radius 1 is 1.25 bits per heavy atom. The molecule has 20 heavy (non-hydrogen) atoms. The van der Waals surface area contributed by atoms with E-state index < -0.39 is 5.91 Å². The molecule has 2 amide bonds. The van der Waals surface area contributed by atoms with Gasteiger partial charge >= 0.3 is 0 Å². The SMILES string of the molecule is Cc1cccc(C(=O)Nc2ccc(Cl)c(C(N)=O)c2)n1. The summed E-state index contributed by atoms with van der Waals surface area (Å²) in [5.41, 5.74) is 6.81. The molecule has 5 nitrogen and oxygen atoms in total. The number of carbonyl (C=O) groups excluding carboxylic acids is 2. The molecule has 2 rings (SSSR count). The molecule has 0 radical (unpaired) electrons. The topological polar surface area (TPSA) is 85.1 Å². The van der Waals surface area contributed by atoms with Gasteiger partial charge in [-0.15, -0.1) is 0 Å². The minimum absolute atomic E-state index is 0.154. The van der Waals surface area contributed by atoms with E-state index in [0.717, 1.165) is 5.69 Å². The van der Waals surface area contributed by atoms with E-state index in [9.17, 15) is 9.59 Å². The lowest BCUT2D eigenvalue weighted by Crippen LogP contribution is -2.16. The van der Waals surface area contributed by atoms with Crippen molar-refractivity contribution in [3.8, 4) is 0 Å².